The first kappa shape index (κ1) is 28.5. The predicted octanol–water partition coefficient (Wildman–Crippen LogP) is 5.68. The lowest BCUT2D eigenvalue weighted by atomic mass is 9.92. The molecular formula is C28H31BrF2N4O4. The molecular weight excluding hydrogens is 574 g/mol. The number of halogens is 3. The minimum Gasteiger partial charge on any atom is -0.444 e. The topological polar surface area (TPSA) is 104 Å². The highest BCUT2D eigenvalue weighted by molar-refractivity contribution is 9.10. The molecule has 2 heterocycles. The second-order valence-electron chi connectivity index (χ2n) is 10.7. The lowest BCUT2D eigenvalue weighted by Crippen LogP contribution is -2.41. The Bertz CT molecular complexity index is 1430. The van der Waals surface area contributed by atoms with Crippen molar-refractivity contribution < 1.29 is 27.9 Å². The Hall–Kier alpha value is -3.47. The van der Waals surface area contributed by atoms with Gasteiger partial charge in [0.05, 0.1) is 0 Å². The number of nitrogens with zero attached hydrogens (tertiary/aromatic N) is 1. The summed E-state index contributed by atoms with van der Waals surface area (Å²) < 4.78 is 33.5. The molecule has 1 unspecified atom stereocenters. The van der Waals surface area contributed by atoms with Gasteiger partial charge in [-0.1, -0.05) is 22.0 Å². The quantitative estimate of drug-likeness (QED) is 0.288. The third kappa shape index (κ3) is 6.24. The highest BCUT2D eigenvalue weighted by atomic mass is 79.9. The van der Waals surface area contributed by atoms with E-state index in [-0.39, 0.29) is 12.1 Å². The number of amides is 4. The summed E-state index contributed by atoms with van der Waals surface area (Å²) in [6.07, 6.45) is 1.05. The molecule has 11 heteroatoms. The molecule has 0 aliphatic carbocycles. The molecule has 1 aromatic heterocycles. The monoisotopic (exact) mass is 604 g/mol. The number of rotatable bonds is 8. The van der Waals surface area contributed by atoms with Crippen LogP contribution in [-0.2, 0) is 27.9 Å². The summed E-state index contributed by atoms with van der Waals surface area (Å²) in [7, 11) is 0. The van der Waals surface area contributed by atoms with Gasteiger partial charge in [-0.2, -0.15) is 0 Å². The van der Waals surface area contributed by atoms with Gasteiger partial charge in [0, 0.05) is 34.2 Å². The van der Waals surface area contributed by atoms with Crippen LogP contribution in [0.5, 0.6) is 0 Å². The van der Waals surface area contributed by atoms with Crippen molar-refractivity contribution in [3.05, 3.63) is 69.3 Å². The number of aromatic nitrogens is 1. The summed E-state index contributed by atoms with van der Waals surface area (Å²) in [6.45, 7) is 7.38. The van der Waals surface area contributed by atoms with Gasteiger partial charge >= 0.3 is 12.1 Å². The van der Waals surface area contributed by atoms with Crippen LogP contribution in [0.1, 0.15) is 50.9 Å². The second-order valence-corrected chi connectivity index (χ2v) is 11.6. The molecule has 1 saturated heterocycles. The van der Waals surface area contributed by atoms with Gasteiger partial charge in [0.2, 0.25) is 0 Å². The van der Waals surface area contributed by atoms with Gasteiger partial charge in [0.25, 0.3) is 5.91 Å². The summed E-state index contributed by atoms with van der Waals surface area (Å²) in [5.74, 6) is -2.65. The molecule has 1 atom stereocenters. The molecule has 208 valence electrons. The average Bonchev–Trinajstić information content (AvgIpc) is 3.28. The summed E-state index contributed by atoms with van der Waals surface area (Å²) in [6, 6.07) is 8.46. The van der Waals surface area contributed by atoms with E-state index in [0.29, 0.717) is 25.8 Å². The number of aryl methyl sites for hydroxylation is 1. The third-order valence-electron chi connectivity index (χ3n) is 6.58. The number of imide groups is 1. The molecule has 0 saturated carbocycles. The number of nitrogens with one attached hydrogen (secondary N) is 3. The Morgan fingerprint density at radius 2 is 1.85 bits per heavy atom. The minimum absolute atomic E-state index is 0.137. The standard InChI is InChI=1S/C28H31BrF2N4O4/c1-27(2,3)39-26(38)32-12-11-18-19-15-17(29)8-10-23(19)33-22(18)6-5-13-35-24(36)28(4,34-25(35)37)16-7-9-20(30)21(31)14-16/h7-10,14-15,33H,5-6,11-13H2,1-4H3,(H,32,38)(H,34,37). The zero-order chi connectivity index (χ0) is 28.5. The number of hydrogen-bond donors (Lipinski definition) is 3. The van der Waals surface area contributed by atoms with Crippen molar-refractivity contribution in [3.63, 3.8) is 0 Å². The zero-order valence-corrected chi connectivity index (χ0v) is 23.8. The maximum atomic E-state index is 13.8. The van der Waals surface area contributed by atoms with Crippen molar-refractivity contribution in [1.29, 1.82) is 0 Å². The molecule has 0 bridgehead atoms. The maximum Gasteiger partial charge on any atom is 0.407 e. The Labute approximate surface area is 233 Å². The first-order valence-electron chi connectivity index (χ1n) is 12.6. The molecule has 3 aromatic rings. The van der Waals surface area contributed by atoms with E-state index in [0.717, 1.165) is 43.7 Å². The van der Waals surface area contributed by atoms with Crippen LogP contribution in [0.4, 0.5) is 18.4 Å². The Morgan fingerprint density at radius 3 is 2.54 bits per heavy atom. The number of alkyl carbamates (subject to hydrolysis) is 1. The fraction of sp³-hybridized carbons (Fsp3) is 0.393. The van der Waals surface area contributed by atoms with E-state index in [2.05, 4.69) is 31.5 Å². The summed E-state index contributed by atoms with van der Waals surface area (Å²) in [5.41, 5.74) is 0.971. The van der Waals surface area contributed by atoms with Gasteiger partial charge in [-0.05, 0) is 88.4 Å². The van der Waals surface area contributed by atoms with Crippen LogP contribution < -0.4 is 10.6 Å². The van der Waals surface area contributed by atoms with Crippen molar-refractivity contribution in [1.82, 2.24) is 20.5 Å². The number of urea groups is 1. The van der Waals surface area contributed by atoms with E-state index in [1.54, 1.807) is 20.8 Å². The predicted molar refractivity (Wildman–Crippen MR) is 146 cm³/mol. The number of ether oxygens (including phenoxy) is 1. The van der Waals surface area contributed by atoms with Crippen molar-refractivity contribution in [2.45, 2.75) is 58.1 Å². The molecule has 4 amide bonds. The fourth-order valence-corrected chi connectivity index (χ4v) is 5.06. The van der Waals surface area contributed by atoms with E-state index in [9.17, 15) is 23.2 Å². The Morgan fingerprint density at radius 1 is 1.10 bits per heavy atom. The van der Waals surface area contributed by atoms with Gasteiger partial charge in [-0.3, -0.25) is 9.69 Å². The van der Waals surface area contributed by atoms with Gasteiger partial charge in [-0.25, -0.2) is 18.4 Å². The number of benzene rings is 2. The molecule has 0 radical (unpaired) electrons. The highest BCUT2D eigenvalue weighted by Gasteiger charge is 2.48. The fourth-order valence-electron chi connectivity index (χ4n) is 4.70. The number of H-pyrrole nitrogens is 1. The van der Waals surface area contributed by atoms with E-state index in [1.807, 2.05) is 18.2 Å². The smallest absolute Gasteiger partial charge is 0.407 e. The number of carbonyl (C=O) groups excluding carboxylic acids is 3. The number of fused-ring (bicyclic) bond motifs is 1. The van der Waals surface area contributed by atoms with Crippen LogP contribution in [0.3, 0.4) is 0 Å². The van der Waals surface area contributed by atoms with Crippen LogP contribution in [-0.4, -0.2) is 46.6 Å². The first-order chi connectivity index (χ1) is 18.3. The lowest BCUT2D eigenvalue weighted by Gasteiger charge is -2.22. The van der Waals surface area contributed by atoms with Crippen molar-refractivity contribution in [2.75, 3.05) is 13.1 Å². The molecule has 4 rings (SSSR count). The SMILES string of the molecule is CC(C)(C)OC(=O)NCCc1c(CCCN2C(=O)NC(C)(c3ccc(F)c(F)c3)C2=O)[nH]c2ccc(Br)cc12. The molecule has 1 aliphatic rings. The van der Waals surface area contributed by atoms with Gasteiger partial charge in [0.1, 0.15) is 11.1 Å². The average molecular weight is 605 g/mol. The zero-order valence-electron chi connectivity index (χ0n) is 22.2. The van der Waals surface area contributed by atoms with Crippen molar-refractivity contribution >= 4 is 44.9 Å². The number of hydrogen-bond acceptors (Lipinski definition) is 4. The second kappa shape index (κ2) is 11.0. The van der Waals surface area contributed by atoms with Crippen molar-refractivity contribution in [3.8, 4) is 0 Å². The molecule has 8 nitrogen and oxygen atoms in total. The Kier molecular flexibility index (Phi) is 8.02. The van der Waals surface area contributed by atoms with Crippen LogP contribution in [0, 0.1) is 11.6 Å². The summed E-state index contributed by atoms with van der Waals surface area (Å²) >= 11 is 3.51. The molecule has 39 heavy (non-hydrogen) atoms. The Balaban J connectivity index is 1.45. The first-order valence-corrected chi connectivity index (χ1v) is 13.4. The highest BCUT2D eigenvalue weighted by Crippen LogP contribution is 2.31. The van der Waals surface area contributed by atoms with Crippen LogP contribution >= 0.6 is 15.9 Å². The van der Waals surface area contributed by atoms with Gasteiger partial charge in [0.15, 0.2) is 11.6 Å². The molecule has 2 aromatic carbocycles. The maximum absolute atomic E-state index is 13.8. The molecule has 0 spiro atoms. The number of aromatic amines is 1. The van der Waals surface area contributed by atoms with Gasteiger partial charge in [-0.15, -0.1) is 0 Å². The molecule has 1 fully saturated rings. The van der Waals surface area contributed by atoms with E-state index < -0.39 is 40.8 Å². The van der Waals surface area contributed by atoms with E-state index >= 15 is 0 Å². The number of carbonyl (C=O) groups is 3. The summed E-state index contributed by atoms with van der Waals surface area (Å²) in [4.78, 5) is 42.5. The van der Waals surface area contributed by atoms with E-state index in [4.69, 9.17) is 4.74 Å². The van der Waals surface area contributed by atoms with Crippen molar-refractivity contribution in [2.24, 2.45) is 0 Å². The molecule has 1 aliphatic heterocycles. The van der Waals surface area contributed by atoms with Gasteiger partial charge < -0.3 is 20.4 Å². The van der Waals surface area contributed by atoms with E-state index in [1.165, 1.54) is 13.0 Å². The minimum atomic E-state index is -1.49. The van der Waals surface area contributed by atoms with Crippen LogP contribution in [0.2, 0.25) is 0 Å². The largest absolute Gasteiger partial charge is 0.444 e. The summed E-state index contributed by atoms with van der Waals surface area (Å²) in [5, 5.41) is 6.41. The molecule has 3 N–H and O–H groups in total. The van der Waals surface area contributed by atoms with Crippen LogP contribution in [0.15, 0.2) is 40.9 Å². The van der Waals surface area contributed by atoms with Crippen LogP contribution in [0.25, 0.3) is 10.9 Å². The lowest BCUT2D eigenvalue weighted by molar-refractivity contribution is -0.131. The third-order valence-corrected chi connectivity index (χ3v) is 7.07. The normalized spacial score (nSPS) is 17.6.